The number of nitrogens with one attached hydrogen (secondary N) is 1. The van der Waals surface area contributed by atoms with Crippen LogP contribution in [0.25, 0.3) is 6.08 Å². The predicted molar refractivity (Wildman–Crippen MR) is 160 cm³/mol. The van der Waals surface area contributed by atoms with E-state index in [2.05, 4.69) is 10.5 Å². The molecule has 5 rings (SSSR count). The topological polar surface area (TPSA) is 189 Å². The van der Waals surface area contributed by atoms with E-state index in [-0.39, 0.29) is 51.6 Å². The highest BCUT2D eigenvalue weighted by Crippen LogP contribution is 2.32. The zero-order valence-corrected chi connectivity index (χ0v) is 26.3. The quantitative estimate of drug-likeness (QED) is 0.0959. The summed E-state index contributed by atoms with van der Waals surface area (Å²) in [5.74, 6) is -2.55. The molecule has 2 aromatic rings. The van der Waals surface area contributed by atoms with Gasteiger partial charge in [-0.05, 0) is 49.8 Å². The average molecular weight is 705 g/mol. The van der Waals surface area contributed by atoms with Crippen molar-refractivity contribution >= 4 is 40.9 Å². The molecule has 1 saturated carbocycles. The number of amides is 1. The van der Waals surface area contributed by atoms with Gasteiger partial charge in [-0.2, -0.15) is 0 Å². The van der Waals surface area contributed by atoms with Gasteiger partial charge in [-0.25, -0.2) is 8.78 Å². The van der Waals surface area contributed by atoms with Gasteiger partial charge in [0.2, 0.25) is 12.2 Å². The minimum Gasteiger partial charge on any atom is -0.459 e. The van der Waals surface area contributed by atoms with E-state index in [0.717, 1.165) is 18.2 Å². The summed E-state index contributed by atoms with van der Waals surface area (Å²) in [5, 5.41) is 58.7. The lowest BCUT2D eigenvalue weighted by molar-refractivity contribution is -0.155. The zero-order chi connectivity index (χ0) is 34.2. The number of benzene rings is 2. The molecule has 0 aromatic heterocycles. The molecular weight excluding hydrogens is 673 g/mol. The van der Waals surface area contributed by atoms with Crippen LogP contribution < -0.4 is 10.1 Å². The molecule has 0 radical (unpaired) electrons. The molecule has 0 spiro atoms. The summed E-state index contributed by atoms with van der Waals surface area (Å²) < 4.78 is 50.2. The minimum atomic E-state index is -1.60. The molecule has 1 amide bonds. The van der Waals surface area contributed by atoms with E-state index < -0.39 is 78.7 Å². The Morgan fingerprint density at radius 1 is 1.00 bits per heavy atom. The van der Waals surface area contributed by atoms with Gasteiger partial charge in [0.1, 0.15) is 68.0 Å². The first-order valence-electron chi connectivity index (χ1n) is 14.3. The Morgan fingerprint density at radius 2 is 1.70 bits per heavy atom. The molecule has 2 heterocycles. The van der Waals surface area contributed by atoms with Crippen molar-refractivity contribution in [1.82, 2.24) is 5.32 Å². The Balaban J connectivity index is 1.18. The SMILES string of the molecule is C/C(=C\c1ccc(O[C@@H]2O[C@H](/C(C)=N/OCc3cc(F)cc(Cl)c3Cl)[C@@H](O)[C@H]2O)c(F)c1)C(=O)N[C@@H]1[C@H](O)[C@@H](O)[C@H]2OCO[C@H]2[C@@H]1O. The van der Waals surface area contributed by atoms with Crippen molar-refractivity contribution in [3.05, 3.63) is 68.7 Å². The fourth-order valence-electron chi connectivity index (χ4n) is 5.42. The van der Waals surface area contributed by atoms with Crippen LogP contribution in [0.5, 0.6) is 5.75 Å². The highest BCUT2D eigenvalue weighted by atomic mass is 35.5. The molecule has 256 valence electrons. The molecule has 1 aliphatic carbocycles. The second kappa shape index (κ2) is 14.7. The van der Waals surface area contributed by atoms with Crippen molar-refractivity contribution in [2.75, 3.05) is 6.79 Å². The number of aliphatic hydroxyl groups excluding tert-OH is 5. The van der Waals surface area contributed by atoms with Crippen molar-refractivity contribution in [2.45, 2.75) is 81.6 Å². The molecule has 0 bridgehead atoms. The van der Waals surface area contributed by atoms with Crippen LogP contribution in [0.2, 0.25) is 10.0 Å². The Kier molecular flexibility index (Phi) is 11.0. The first kappa shape index (κ1) is 35.3. The van der Waals surface area contributed by atoms with Gasteiger partial charge < -0.3 is 54.6 Å². The number of carbonyl (C=O) groups excluding carboxylic acids is 1. The molecule has 47 heavy (non-hydrogen) atoms. The first-order chi connectivity index (χ1) is 22.3. The summed E-state index contributed by atoms with van der Waals surface area (Å²) in [6, 6.07) is 4.59. The van der Waals surface area contributed by atoms with Crippen LogP contribution in [0.1, 0.15) is 25.0 Å². The molecule has 6 N–H and O–H groups in total. The van der Waals surface area contributed by atoms with E-state index in [0.29, 0.717) is 0 Å². The maximum Gasteiger partial charge on any atom is 0.247 e. The van der Waals surface area contributed by atoms with Gasteiger partial charge >= 0.3 is 0 Å². The third-order valence-corrected chi connectivity index (χ3v) is 8.81. The van der Waals surface area contributed by atoms with E-state index in [1.54, 1.807) is 0 Å². The molecule has 2 aliphatic heterocycles. The van der Waals surface area contributed by atoms with E-state index in [4.69, 9.17) is 47.0 Å². The van der Waals surface area contributed by atoms with Crippen LogP contribution in [-0.4, -0.2) is 105 Å². The highest BCUT2D eigenvalue weighted by molar-refractivity contribution is 6.42. The summed E-state index contributed by atoms with van der Waals surface area (Å²) in [6.45, 7) is 2.43. The van der Waals surface area contributed by atoms with Crippen LogP contribution in [-0.2, 0) is 30.4 Å². The number of oxime groups is 1. The number of hydrogen-bond acceptors (Lipinski definition) is 12. The molecule has 10 atom stereocenters. The van der Waals surface area contributed by atoms with Crippen molar-refractivity contribution < 1.29 is 62.9 Å². The van der Waals surface area contributed by atoms with Crippen LogP contribution in [0, 0.1) is 11.6 Å². The standard InChI is InChI=1S/C30H32Cl2F2N2O11/c1-11(29(42)35-20-21(37)23(39)28-27(22(20)38)43-10-44-28)5-13-3-4-18(17(34)6-13)46-30-25(41)24(40)26(47-30)12(2)36-45-9-14-7-15(33)8-16(31)19(14)32/h3-8,20-28,30,37-41H,9-10H2,1-2H3,(H,35,42)/b11-5+,36-12+/t20-,21+,22-,23-,24+,25-,26-,27+,28-,30-/m1/s1. The van der Waals surface area contributed by atoms with E-state index >= 15 is 4.39 Å². The Hall–Kier alpha value is -2.96. The summed E-state index contributed by atoms with van der Waals surface area (Å²) in [5.41, 5.74) is 0.632. The monoisotopic (exact) mass is 704 g/mol. The number of carbonyl (C=O) groups is 1. The molecule has 17 heteroatoms. The summed E-state index contributed by atoms with van der Waals surface area (Å²) in [4.78, 5) is 18.0. The molecular formula is C30H32Cl2F2N2O11. The lowest BCUT2D eigenvalue weighted by Gasteiger charge is -2.41. The Labute approximate surface area is 276 Å². The van der Waals surface area contributed by atoms with E-state index in [9.17, 15) is 34.7 Å². The molecule has 3 aliphatic rings. The molecule has 13 nitrogen and oxygen atoms in total. The normalized spacial score (nSPS) is 32.7. The van der Waals surface area contributed by atoms with Gasteiger partial charge in [-0.3, -0.25) is 4.79 Å². The van der Waals surface area contributed by atoms with E-state index in [1.807, 2.05) is 0 Å². The number of rotatable bonds is 9. The van der Waals surface area contributed by atoms with Crippen molar-refractivity contribution in [1.29, 1.82) is 0 Å². The van der Waals surface area contributed by atoms with Gasteiger partial charge in [0, 0.05) is 11.1 Å². The largest absolute Gasteiger partial charge is 0.459 e. The number of ether oxygens (including phenoxy) is 4. The number of hydrogen-bond donors (Lipinski definition) is 6. The van der Waals surface area contributed by atoms with Gasteiger partial charge in [0.05, 0.1) is 21.8 Å². The van der Waals surface area contributed by atoms with Gasteiger partial charge in [0.25, 0.3) is 0 Å². The fraction of sp³-hybridized carbons (Fsp3) is 0.467. The lowest BCUT2D eigenvalue weighted by Crippen LogP contribution is -2.67. The molecule has 0 unspecified atom stereocenters. The van der Waals surface area contributed by atoms with E-state index in [1.165, 1.54) is 32.1 Å². The molecule has 2 aromatic carbocycles. The number of fused-ring (bicyclic) bond motifs is 1. The summed E-state index contributed by atoms with van der Waals surface area (Å²) in [7, 11) is 0. The third kappa shape index (κ3) is 7.54. The van der Waals surface area contributed by atoms with Gasteiger partial charge in [0.15, 0.2) is 11.6 Å². The number of halogens is 4. The van der Waals surface area contributed by atoms with Crippen molar-refractivity contribution in [3.63, 3.8) is 0 Å². The highest BCUT2D eigenvalue weighted by Gasteiger charge is 2.53. The number of nitrogens with zero attached hydrogens (tertiary/aromatic N) is 1. The average Bonchev–Trinajstić information content (AvgIpc) is 3.63. The van der Waals surface area contributed by atoms with Crippen LogP contribution >= 0.6 is 23.2 Å². The lowest BCUT2D eigenvalue weighted by atomic mass is 9.83. The first-order valence-corrected chi connectivity index (χ1v) is 15.1. The minimum absolute atomic E-state index is 0.00736. The van der Waals surface area contributed by atoms with Gasteiger partial charge in [-0.15, -0.1) is 0 Å². The summed E-state index contributed by atoms with van der Waals surface area (Å²) in [6.07, 6.45) is -10.7. The number of aliphatic hydroxyl groups is 5. The second-order valence-corrected chi connectivity index (χ2v) is 12.0. The zero-order valence-electron chi connectivity index (χ0n) is 24.8. The Bertz CT molecular complexity index is 1550. The molecule has 3 fully saturated rings. The second-order valence-electron chi connectivity index (χ2n) is 11.3. The van der Waals surface area contributed by atoms with Crippen molar-refractivity contribution in [2.24, 2.45) is 5.16 Å². The maximum atomic E-state index is 15.0. The van der Waals surface area contributed by atoms with Crippen LogP contribution in [0.15, 0.2) is 41.1 Å². The Morgan fingerprint density at radius 3 is 2.40 bits per heavy atom. The van der Waals surface area contributed by atoms with Gasteiger partial charge in [-0.1, -0.05) is 34.4 Å². The maximum absolute atomic E-state index is 15.0. The molecule has 2 saturated heterocycles. The fourth-order valence-corrected chi connectivity index (χ4v) is 5.81. The smallest absolute Gasteiger partial charge is 0.247 e. The summed E-state index contributed by atoms with van der Waals surface area (Å²) >= 11 is 11.9. The predicted octanol–water partition coefficient (Wildman–Crippen LogP) is 1.42. The van der Waals surface area contributed by atoms with Crippen molar-refractivity contribution in [3.8, 4) is 5.75 Å². The van der Waals surface area contributed by atoms with Crippen LogP contribution in [0.4, 0.5) is 8.78 Å². The van der Waals surface area contributed by atoms with Crippen LogP contribution in [0.3, 0.4) is 0 Å². The third-order valence-electron chi connectivity index (χ3n) is 7.97.